The van der Waals surface area contributed by atoms with Crippen LogP contribution in [0.1, 0.15) is 48.9 Å². The van der Waals surface area contributed by atoms with Gasteiger partial charge in [-0.3, -0.25) is 0 Å². The third kappa shape index (κ3) is 5.01. The van der Waals surface area contributed by atoms with Gasteiger partial charge in [-0.1, -0.05) is 19.8 Å². The lowest BCUT2D eigenvalue weighted by Gasteiger charge is -2.21. The van der Waals surface area contributed by atoms with Crippen molar-refractivity contribution in [1.82, 2.24) is 0 Å². The van der Waals surface area contributed by atoms with Gasteiger partial charge in [0, 0.05) is 11.6 Å². The number of alkyl halides is 6. The third-order valence-corrected chi connectivity index (χ3v) is 3.00. The highest BCUT2D eigenvalue weighted by molar-refractivity contribution is 5.85. The number of hydrogen-bond donors (Lipinski definition) is 1. The molecule has 0 amide bonds. The molecule has 0 bridgehead atoms. The maximum Gasteiger partial charge on any atom is 0.416 e. The normalized spacial score (nSPS) is 13.7. The van der Waals surface area contributed by atoms with Gasteiger partial charge in [-0.25, -0.2) is 4.39 Å². The molecule has 1 atom stereocenters. The van der Waals surface area contributed by atoms with Gasteiger partial charge in [-0.15, -0.1) is 12.4 Å². The third-order valence-electron chi connectivity index (χ3n) is 3.00. The zero-order chi connectivity index (χ0) is 16.4. The number of rotatable bonds is 4. The molecule has 1 rings (SSSR count). The fraction of sp³-hybridized carbons (Fsp3) is 0.538. The summed E-state index contributed by atoms with van der Waals surface area (Å²) in [6.45, 7) is 1.76. The molecule has 0 aliphatic carbocycles. The van der Waals surface area contributed by atoms with Crippen LogP contribution in [-0.4, -0.2) is 0 Å². The summed E-state index contributed by atoms with van der Waals surface area (Å²) in [6.07, 6.45) is -9.05. The van der Waals surface area contributed by atoms with Gasteiger partial charge in [0.1, 0.15) is 5.82 Å². The second-order valence-electron chi connectivity index (χ2n) is 4.66. The van der Waals surface area contributed by atoms with Crippen LogP contribution in [0.5, 0.6) is 0 Å². The minimum Gasteiger partial charge on any atom is -0.324 e. The molecular formula is C13H15ClF7N. The lowest BCUT2D eigenvalue weighted by atomic mass is 9.94. The lowest BCUT2D eigenvalue weighted by Crippen LogP contribution is -2.21. The van der Waals surface area contributed by atoms with Crippen LogP contribution >= 0.6 is 12.4 Å². The number of benzene rings is 1. The number of nitrogens with two attached hydrogens (primary N) is 1. The summed E-state index contributed by atoms with van der Waals surface area (Å²) in [6, 6.07) is -1.34. The van der Waals surface area contributed by atoms with Crippen LogP contribution in [0.25, 0.3) is 0 Å². The van der Waals surface area contributed by atoms with E-state index in [0.29, 0.717) is 12.8 Å². The second-order valence-corrected chi connectivity index (χ2v) is 4.66. The maximum atomic E-state index is 13.8. The Balaban J connectivity index is 0.00000441. The van der Waals surface area contributed by atoms with E-state index in [2.05, 4.69) is 0 Å². The Kier molecular flexibility index (Phi) is 7.15. The minimum atomic E-state index is -5.11. The molecule has 128 valence electrons. The zero-order valence-corrected chi connectivity index (χ0v) is 12.3. The van der Waals surface area contributed by atoms with Crippen molar-refractivity contribution in [3.8, 4) is 0 Å². The number of hydrogen-bond acceptors (Lipinski definition) is 1. The highest BCUT2D eigenvalue weighted by Gasteiger charge is 2.40. The van der Waals surface area contributed by atoms with Crippen LogP contribution in [-0.2, 0) is 12.4 Å². The van der Waals surface area contributed by atoms with Crippen molar-refractivity contribution in [2.75, 3.05) is 0 Å². The van der Waals surface area contributed by atoms with Crippen LogP contribution in [0.3, 0.4) is 0 Å². The van der Waals surface area contributed by atoms with Crippen LogP contribution in [0.4, 0.5) is 30.7 Å². The summed E-state index contributed by atoms with van der Waals surface area (Å²) in [4.78, 5) is 0. The van der Waals surface area contributed by atoms with Crippen LogP contribution in [0.2, 0.25) is 0 Å². The molecule has 9 heteroatoms. The minimum absolute atomic E-state index is 0. The van der Waals surface area contributed by atoms with E-state index >= 15 is 0 Å². The molecular weight excluding hydrogens is 339 g/mol. The first-order chi connectivity index (χ1) is 9.48. The van der Waals surface area contributed by atoms with Crippen molar-refractivity contribution in [3.05, 3.63) is 34.6 Å². The fourth-order valence-corrected chi connectivity index (χ4v) is 1.96. The molecule has 0 heterocycles. The SMILES string of the molecule is CCCC[C@@H](N)c1c(F)cc(C(F)(F)F)cc1C(F)(F)F.Cl. The Bertz CT molecular complexity index is 496. The first-order valence-corrected chi connectivity index (χ1v) is 6.21. The smallest absolute Gasteiger partial charge is 0.324 e. The van der Waals surface area contributed by atoms with E-state index in [1.165, 1.54) is 0 Å². The van der Waals surface area contributed by atoms with E-state index in [0.717, 1.165) is 0 Å². The van der Waals surface area contributed by atoms with E-state index in [1.54, 1.807) is 6.92 Å². The van der Waals surface area contributed by atoms with Gasteiger partial charge in [0.15, 0.2) is 0 Å². The molecule has 22 heavy (non-hydrogen) atoms. The van der Waals surface area contributed by atoms with Gasteiger partial charge in [-0.05, 0) is 18.6 Å². The molecule has 0 saturated heterocycles. The van der Waals surface area contributed by atoms with Crippen LogP contribution < -0.4 is 5.73 Å². The van der Waals surface area contributed by atoms with Gasteiger partial charge >= 0.3 is 12.4 Å². The van der Waals surface area contributed by atoms with Crippen molar-refractivity contribution in [2.45, 2.75) is 44.6 Å². The summed E-state index contributed by atoms with van der Waals surface area (Å²) < 4.78 is 90.0. The quantitative estimate of drug-likeness (QED) is 0.713. The molecule has 2 N–H and O–H groups in total. The van der Waals surface area contributed by atoms with Crippen molar-refractivity contribution >= 4 is 12.4 Å². The van der Waals surface area contributed by atoms with E-state index in [4.69, 9.17) is 5.73 Å². The van der Waals surface area contributed by atoms with E-state index in [1.807, 2.05) is 0 Å². The zero-order valence-electron chi connectivity index (χ0n) is 11.5. The molecule has 1 aromatic rings. The Morgan fingerprint density at radius 2 is 1.59 bits per heavy atom. The monoisotopic (exact) mass is 353 g/mol. The Hall–Kier alpha value is -1.02. The van der Waals surface area contributed by atoms with Gasteiger partial charge in [0.05, 0.1) is 11.1 Å². The fourth-order valence-electron chi connectivity index (χ4n) is 1.96. The predicted octanol–water partition coefficient (Wildman–Crippen LogP) is 5.48. The topological polar surface area (TPSA) is 26.0 Å². The molecule has 0 aromatic heterocycles. The van der Waals surface area contributed by atoms with Crippen LogP contribution in [0, 0.1) is 5.82 Å². The highest BCUT2D eigenvalue weighted by atomic mass is 35.5. The van der Waals surface area contributed by atoms with Gasteiger partial charge < -0.3 is 5.73 Å². The number of halogens is 8. The molecule has 0 aliphatic heterocycles. The highest BCUT2D eigenvalue weighted by Crippen LogP contribution is 2.40. The molecule has 0 aliphatic rings. The first-order valence-electron chi connectivity index (χ1n) is 6.21. The van der Waals surface area contributed by atoms with Crippen molar-refractivity contribution in [1.29, 1.82) is 0 Å². The molecule has 0 saturated carbocycles. The van der Waals surface area contributed by atoms with Crippen LogP contribution in [0.15, 0.2) is 12.1 Å². The van der Waals surface area contributed by atoms with E-state index in [9.17, 15) is 30.7 Å². The Morgan fingerprint density at radius 1 is 1.05 bits per heavy atom. The van der Waals surface area contributed by atoms with Crippen molar-refractivity contribution < 1.29 is 30.7 Å². The summed E-state index contributed by atoms with van der Waals surface area (Å²) in [5.74, 6) is -1.58. The summed E-state index contributed by atoms with van der Waals surface area (Å²) in [7, 11) is 0. The Morgan fingerprint density at radius 3 is 2.00 bits per heavy atom. The van der Waals surface area contributed by atoms with E-state index in [-0.39, 0.29) is 31.0 Å². The summed E-state index contributed by atoms with van der Waals surface area (Å²) >= 11 is 0. The van der Waals surface area contributed by atoms with E-state index < -0.39 is 40.9 Å². The Labute approximate surface area is 129 Å². The average molecular weight is 354 g/mol. The molecule has 0 unspecified atom stereocenters. The van der Waals surface area contributed by atoms with Gasteiger partial charge in [0.25, 0.3) is 0 Å². The van der Waals surface area contributed by atoms with Crippen molar-refractivity contribution in [3.63, 3.8) is 0 Å². The van der Waals surface area contributed by atoms with Gasteiger partial charge in [-0.2, -0.15) is 26.3 Å². The molecule has 0 fully saturated rings. The second kappa shape index (κ2) is 7.50. The standard InChI is InChI=1S/C13H14F7N.ClH/c1-2-3-4-10(21)11-8(13(18,19)20)5-7(6-9(11)14)12(15,16)17;/h5-6,10H,2-4,21H2,1H3;1H/t10-;/m1./s1. The largest absolute Gasteiger partial charge is 0.416 e. The molecule has 1 nitrogen and oxygen atoms in total. The summed E-state index contributed by atoms with van der Waals surface area (Å²) in [5, 5.41) is 0. The molecule has 1 aromatic carbocycles. The number of unbranched alkanes of at least 4 members (excludes halogenated alkanes) is 1. The predicted molar refractivity (Wildman–Crippen MR) is 70.1 cm³/mol. The van der Waals surface area contributed by atoms with Crippen molar-refractivity contribution in [2.24, 2.45) is 5.73 Å². The van der Waals surface area contributed by atoms with Gasteiger partial charge in [0.2, 0.25) is 0 Å². The summed E-state index contributed by atoms with van der Waals surface area (Å²) in [5.41, 5.74) is 1.25. The molecule has 0 radical (unpaired) electrons. The lowest BCUT2D eigenvalue weighted by molar-refractivity contribution is -0.144. The first kappa shape index (κ1) is 21.0. The molecule has 0 spiro atoms. The maximum absolute atomic E-state index is 13.8. The average Bonchev–Trinajstić information content (AvgIpc) is 2.32.